The first kappa shape index (κ1) is 19.8. The molecule has 0 aromatic heterocycles. The van der Waals surface area contributed by atoms with Crippen LogP contribution in [0.2, 0.25) is 0 Å². The number of amides is 4. The lowest BCUT2D eigenvalue weighted by molar-refractivity contribution is -0.153. The zero-order chi connectivity index (χ0) is 20.4. The third-order valence-electron chi connectivity index (χ3n) is 6.10. The first-order chi connectivity index (χ1) is 14.1. The highest BCUT2D eigenvalue weighted by Crippen LogP contribution is 2.32. The van der Waals surface area contributed by atoms with Gasteiger partial charge in [0.05, 0.1) is 19.3 Å². The molecule has 0 radical (unpaired) electrons. The lowest BCUT2D eigenvalue weighted by atomic mass is 9.87. The number of rotatable bonds is 5. The molecular weight excluding hydrogens is 374 g/mol. The normalized spacial score (nSPS) is 28.1. The van der Waals surface area contributed by atoms with E-state index in [1.807, 2.05) is 37.3 Å². The molecule has 0 bridgehead atoms. The molecule has 156 valence electrons. The lowest BCUT2D eigenvalue weighted by Crippen LogP contribution is -2.53. The maximum atomic E-state index is 13.2. The van der Waals surface area contributed by atoms with E-state index < -0.39 is 17.9 Å². The maximum absolute atomic E-state index is 13.2. The molecule has 29 heavy (non-hydrogen) atoms. The van der Waals surface area contributed by atoms with E-state index in [-0.39, 0.29) is 24.4 Å². The summed E-state index contributed by atoms with van der Waals surface area (Å²) in [6.45, 7) is 3.20. The Morgan fingerprint density at radius 3 is 2.59 bits per heavy atom. The largest absolute Gasteiger partial charge is 0.348 e. The van der Waals surface area contributed by atoms with Gasteiger partial charge in [-0.3, -0.25) is 14.5 Å². The number of nitrogens with zero attached hydrogens (tertiary/aromatic N) is 2. The summed E-state index contributed by atoms with van der Waals surface area (Å²) in [5, 5.41) is 2.83. The Labute approximate surface area is 170 Å². The van der Waals surface area contributed by atoms with Gasteiger partial charge in [-0.25, -0.2) is 4.79 Å². The Balaban J connectivity index is 1.52. The fraction of sp³-hybridized carbons (Fsp3) is 0.571. The molecule has 3 saturated heterocycles. The number of carbonyl (C=O) groups excluding carboxylic acids is 3. The van der Waals surface area contributed by atoms with Gasteiger partial charge in [-0.15, -0.1) is 0 Å². The van der Waals surface area contributed by atoms with Gasteiger partial charge in [-0.1, -0.05) is 37.3 Å². The maximum Gasteiger partial charge on any atom is 0.325 e. The van der Waals surface area contributed by atoms with E-state index in [0.717, 1.165) is 29.7 Å². The Hall–Kier alpha value is -2.45. The third-order valence-corrected chi connectivity index (χ3v) is 6.10. The first-order valence-electron chi connectivity index (χ1n) is 10.3. The van der Waals surface area contributed by atoms with Crippen LogP contribution in [0.25, 0.3) is 0 Å². The summed E-state index contributed by atoms with van der Waals surface area (Å²) >= 11 is 0. The molecule has 8 nitrogen and oxygen atoms in total. The van der Waals surface area contributed by atoms with Crippen LogP contribution in [0.5, 0.6) is 0 Å². The average Bonchev–Trinajstić information content (AvgIpc) is 3.37. The van der Waals surface area contributed by atoms with Crippen molar-refractivity contribution in [3.05, 3.63) is 35.9 Å². The van der Waals surface area contributed by atoms with Crippen LogP contribution in [0.1, 0.15) is 38.2 Å². The van der Waals surface area contributed by atoms with Crippen molar-refractivity contribution < 1.29 is 23.9 Å². The highest BCUT2D eigenvalue weighted by molar-refractivity contribution is 6.09. The standard InChI is InChI=1S/C21H27N3O5/c1-2-21(15-8-4-3-5-9-15)19(26)24(20(27)22-21)14-17(25)23-11-7-6-10-16(23)18-28-12-13-29-18/h3-5,8-9,16,18H,2,6-7,10-14H2,1H3,(H,22,27). The number of ether oxygens (including phenoxy) is 2. The van der Waals surface area contributed by atoms with E-state index in [1.165, 1.54) is 0 Å². The van der Waals surface area contributed by atoms with Crippen LogP contribution in [0.15, 0.2) is 30.3 Å². The van der Waals surface area contributed by atoms with Gasteiger partial charge in [0.25, 0.3) is 5.91 Å². The smallest absolute Gasteiger partial charge is 0.325 e. The van der Waals surface area contributed by atoms with E-state index in [0.29, 0.717) is 26.2 Å². The number of hydrogen-bond donors (Lipinski definition) is 1. The van der Waals surface area contributed by atoms with Crippen LogP contribution in [-0.4, -0.2) is 66.3 Å². The van der Waals surface area contributed by atoms with Gasteiger partial charge in [-0.2, -0.15) is 0 Å². The summed E-state index contributed by atoms with van der Waals surface area (Å²) in [6.07, 6.45) is 2.65. The molecular formula is C21H27N3O5. The van der Waals surface area contributed by atoms with Crippen molar-refractivity contribution >= 4 is 17.8 Å². The summed E-state index contributed by atoms with van der Waals surface area (Å²) in [7, 11) is 0. The van der Waals surface area contributed by atoms with E-state index in [9.17, 15) is 14.4 Å². The van der Waals surface area contributed by atoms with Crippen molar-refractivity contribution in [3.8, 4) is 0 Å². The minimum atomic E-state index is -1.13. The van der Waals surface area contributed by atoms with Gasteiger partial charge in [-0.05, 0) is 31.2 Å². The molecule has 1 aromatic carbocycles. The first-order valence-corrected chi connectivity index (χ1v) is 10.3. The zero-order valence-electron chi connectivity index (χ0n) is 16.6. The van der Waals surface area contributed by atoms with Gasteiger partial charge >= 0.3 is 6.03 Å². The van der Waals surface area contributed by atoms with Crippen LogP contribution >= 0.6 is 0 Å². The molecule has 0 aliphatic carbocycles. The number of urea groups is 1. The fourth-order valence-corrected chi connectivity index (χ4v) is 4.51. The van der Waals surface area contributed by atoms with Gasteiger partial charge in [0.1, 0.15) is 12.1 Å². The molecule has 4 amide bonds. The van der Waals surface area contributed by atoms with Crippen molar-refractivity contribution in [3.63, 3.8) is 0 Å². The minimum Gasteiger partial charge on any atom is -0.348 e. The molecule has 0 spiro atoms. The number of nitrogens with one attached hydrogen (secondary N) is 1. The molecule has 3 aliphatic rings. The number of likely N-dealkylation sites (tertiary alicyclic amines) is 1. The zero-order valence-corrected chi connectivity index (χ0v) is 16.6. The molecule has 2 atom stereocenters. The third kappa shape index (κ3) is 3.51. The Morgan fingerprint density at radius 1 is 1.17 bits per heavy atom. The van der Waals surface area contributed by atoms with E-state index in [4.69, 9.17) is 9.47 Å². The van der Waals surface area contributed by atoms with Gasteiger partial charge < -0.3 is 19.7 Å². The van der Waals surface area contributed by atoms with Gasteiger partial charge in [0.15, 0.2) is 6.29 Å². The number of carbonyl (C=O) groups is 3. The number of piperidine rings is 1. The summed E-state index contributed by atoms with van der Waals surface area (Å²) in [5.41, 5.74) is -0.406. The Bertz CT molecular complexity index is 780. The van der Waals surface area contributed by atoms with Crippen LogP contribution < -0.4 is 5.32 Å². The SMILES string of the molecule is CCC1(c2ccccc2)NC(=O)N(CC(=O)N2CCCCC2C2OCCO2)C1=O. The molecule has 1 aromatic rings. The van der Waals surface area contributed by atoms with Crippen molar-refractivity contribution in [2.24, 2.45) is 0 Å². The number of hydrogen-bond acceptors (Lipinski definition) is 5. The highest BCUT2D eigenvalue weighted by atomic mass is 16.7. The van der Waals surface area contributed by atoms with Crippen LogP contribution in [-0.2, 0) is 24.6 Å². The molecule has 3 fully saturated rings. The monoisotopic (exact) mass is 401 g/mol. The molecule has 3 aliphatic heterocycles. The van der Waals surface area contributed by atoms with Crippen LogP contribution in [0.3, 0.4) is 0 Å². The average molecular weight is 401 g/mol. The minimum absolute atomic E-state index is 0.176. The summed E-state index contributed by atoms with van der Waals surface area (Å²) in [5.74, 6) is -0.635. The Morgan fingerprint density at radius 2 is 1.90 bits per heavy atom. The van der Waals surface area contributed by atoms with E-state index >= 15 is 0 Å². The molecule has 2 unspecified atom stereocenters. The second-order valence-electron chi connectivity index (χ2n) is 7.71. The fourth-order valence-electron chi connectivity index (χ4n) is 4.51. The lowest BCUT2D eigenvalue weighted by Gasteiger charge is -2.38. The second-order valence-corrected chi connectivity index (χ2v) is 7.71. The highest BCUT2D eigenvalue weighted by Gasteiger charge is 2.52. The molecule has 1 N–H and O–H groups in total. The van der Waals surface area contributed by atoms with Crippen LogP contribution in [0, 0.1) is 0 Å². The second kappa shape index (κ2) is 8.12. The summed E-state index contributed by atoms with van der Waals surface area (Å²) in [4.78, 5) is 41.8. The predicted molar refractivity (Wildman–Crippen MR) is 104 cm³/mol. The molecule has 4 rings (SSSR count). The summed E-state index contributed by atoms with van der Waals surface area (Å²) < 4.78 is 11.2. The van der Waals surface area contributed by atoms with E-state index in [2.05, 4.69) is 5.32 Å². The summed E-state index contributed by atoms with van der Waals surface area (Å²) in [6, 6.07) is 8.46. The predicted octanol–water partition coefficient (Wildman–Crippen LogP) is 1.60. The molecule has 8 heteroatoms. The van der Waals surface area contributed by atoms with Gasteiger partial charge in [0, 0.05) is 6.54 Å². The van der Waals surface area contributed by atoms with Crippen molar-refractivity contribution in [2.45, 2.75) is 50.5 Å². The molecule has 3 heterocycles. The number of benzene rings is 1. The van der Waals surface area contributed by atoms with Crippen molar-refractivity contribution in [1.29, 1.82) is 0 Å². The number of imide groups is 1. The Kier molecular flexibility index (Phi) is 5.56. The van der Waals surface area contributed by atoms with Crippen molar-refractivity contribution in [2.75, 3.05) is 26.3 Å². The van der Waals surface area contributed by atoms with E-state index in [1.54, 1.807) is 4.90 Å². The van der Waals surface area contributed by atoms with Crippen LogP contribution in [0.4, 0.5) is 4.79 Å². The topological polar surface area (TPSA) is 88.2 Å². The van der Waals surface area contributed by atoms with Gasteiger partial charge in [0.2, 0.25) is 5.91 Å². The van der Waals surface area contributed by atoms with Crippen molar-refractivity contribution in [1.82, 2.24) is 15.1 Å². The molecule has 0 saturated carbocycles. The quantitative estimate of drug-likeness (QED) is 0.757.